The number of ether oxygens (including phenoxy) is 1. The molecule has 4 heteroatoms. The van der Waals surface area contributed by atoms with Gasteiger partial charge in [-0.25, -0.2) is 0 Å². The van der Waals surface area contributed by atoms with Crippen molar-refractivity contribution in [1.29, 1.82) is 0 Å². The van der Waals surface area contributed by atoms with Crippen LogP contribution in [-0.2, 0) is 4.79 Å². The van der Waals surface area contributed by atoms with E-state index in [0.717, 1.165) is 28.3 Å². The van der Waals surface area contributed by atoms with Crippen LogP contribution in [0.3, 0.4) is 0 Å². The Balaban J connectivity index is 1.97. The molecular formula is C19H28ClNO2. The number of carbonyl (C=O) groups excluding carboxylic acids is 1. The van der Waals surface area contributed by atoms with Gasteiger partial charge in [0.2, 0.25) is 0 Å². The second-order valence-electron chi connectivity index (χ2n) is 7.02. The van der Waals surface area contributed by atoms with Gasteiger partial charge >= 0.3 is 0 Å². The number of hydrogen-bond acceptors (Lipinski definition) is 2. The van der Waals surface area contributed by atoms with Gasteiger partial charge in [0, 0.05) is 11.1 Å². The minimum absolute atomic E-state index is 0.0361. The number of halogens is 1. The number of aryl methyl sites for hydroxylation is 1. The second kappa shape index (κ2) is 8.05. The Morgan fingerprint density at radius 3 is 2.70 bits per heavy atom. The molecule has 0 heterocycles. The zero-order chi connectivity index (χ0) is 17.0. The fraction of sp³-hybridized carbons (Fsp3) is 0.632. The summed E-state index contributed by atoms with van der Waals surface area (Å²) in [6.07, 6.45) is 4.74. The number of hydrogen-bond donors (Lipinski definition) is 1. The van der Waals surface area contributed by atoms with Crippen LogP contribution in [0, 0.1) is 12.8 Å². The molecule has 1 aliphatic carbocycles. The first-order valence-electron chi connectivity index (χ1n) is 8.60. The van der Waals surface area contributed by atoms with Crippen molar-refractivity contribution in [3.05, 3.63) is 28.3 Å². The number of nitrogens with one attached hydrogen (secondary N) is 1. The van der Waals surface area contributed by atoms with Gasteiger partial charge in [0.25, 0.3) is 5.91 Å². The SMILES string of the molecule is Cc1cc(OCC(=O)N[C@@H]2CCCC[C@H]2C)c(C(C)C)cc1Cl. The average Bonchev–Trinajstić information content (AvgIpc) is 2.50. The standard InChI is InChI=1S/C19H28ClNO2/c1-12(2)15-10-16(20)14(4)9-18(15)23-11-19(22)21-17-8-6-5-7-13(17)3/h9-10,12-13,17H,5-8,11H2,1-4H3,(H,21,22)/t13-,17-/m1/s1. The predicted molar refractivity (Wildman–Crippen MR) is 95.3 cm³/mol. The summed E-state index contributed by atoms with van der Waals surface area (Å²) in [5.41, 5.74) is 2.01. The molecule has 0 spiro atoms. The smallest absolute Gasteiger partial charge is 0.258 e. The Morgan fingerprint density at radius 1 is 1.35 bits per heavy atom. The van der Waals surface area contributed by atoms with E-state index in [-0.39, 0.29) is 18.6 Å². The molecule has 0 radical (unpaired) electrons. The Hall–Kier alpha value is -1.22. The minimum atomic E-state index is -0.0361. The van der Waals surface area contributed by atoms with E-state index in [4.69, 9.17) is 16.3 Å². The summed E-state index contributed by atoms with van der Waals surface area (Å²) in [4.78, 5) is 12.2. The van der Waals surface area contributed by atoms with Crippen LogP contribution in [0.1, 0.15) is 63.5 Å². The van der Waals surface area contributed by atoms with Gasteiger partial charge in [0.15, 0.2) is 6.61 Å². The maximum Gasteiger partial charge on any atom is 0.258 e. The lowest BCUT2D eigenvalue weighted by atomic mass is 9.86. The van der Waals surface area contributed by atoms with Crippen LogP contribution >= 0.6 is 11.6 Å². The van der Waals surface area contributed by atoms with Crippen LogP contribution in [0.25, 0.3) is 0 Å². The highest BCUT2D eigenvalue weighted by Gasteiger charge is 2.23. The number of carbonyl (C=O) groups is 1. The van der Waals surface area contributed by atoms with Crippen LogP contribution in [0.2, 0.25) is 5.02 Å². The van der Waals surface area contributed by atoms with Crippen molar-refractivity contribution in [1.82, 2.24) is 5.32 Å². The molecule has 3 nitrogen and oxygen atoms in total. The van der Waals surface area contributed by atoms with Crippen LogP contribution in [0.4, 0.5) is 0 Å². The van der Waals surface area contributed by atoms with Crippen molar-refractivity contribution < 1.29 is 9.53 Å². The predicted octanol–water partition coefficient (Wildman–Crippen LogP) is 4.85. The van der Waals surface area contributed by atoms with E-state index in [0.29, 0.717) is 11.8 Å². The van der Waals surface area contributed by atoms with Crippen molar-refractivity contribution in [2.45, 2.75) is 65.3 Å². The van der Waals surface area contributed by atoms with Gasteiger partial charge in [-0.2, -0.15) is 0 Å². The first-order valence-corrected chi connectivity index (χ1v) is 8.98. The Bertz CT molecular complexity index is 557. The summed E-state index contributed by atoms with van der Waals surface area (Å²) in [6, 6.07) is 4.16. The Kier molecular flexibility index (Phi) is 6.34. The molecule has 0 bridgehead atoms. The molecule has 1 N–H and O–H groups in total. The molecule has 1 saturated carbocycles. The lowest BCUT2D eigenvalue weighted by Crippen LogP contribution is -2.43. The summed E-state index contributed by atoms with van der Waals surface area (Å²) in [7, 11) is 0. The lowest BCUT2D eigenvalue weighted by Gasteiger charge is -2.29. The van der Waals surface area contributed by atoms with Crippen LogP contribution in [0.5, 0.6) is 5.75 Å². The van der Waals surface area contributed by atoms with Crippen LogP contribution in [-0.4, -0.2) is 18.6 Å². The quantitative estimate of drug-likeness (QED) is 0.834. The zero-order valence-electron chi connectivity index (χ0n) is 14.6. The van der Waals surface area contributed by atoms with Crippen LogP contribution < -0.4 is 10.1 Å². The van der Waals surface area contributed by atoms with Crippen molar-refractivity contribution in [2.75, 3.05) is 6.61 Å². The van der Waals surface area contributed by atoms with Crippen molar-refractivity contribution in [3.63, 3.8) is 0 Å². The first-order chi connectivity index (χ1) is 10.9. The van der Waals surface area contributed by atoms with E-state index in [1.54, 1.807) is 0 Å². The number of amides is 1. The first kappa shape index (κ1) is 18.1. The highest BCUT2D eigenvalue weighted by atomic mass is 35.5. The largest absolute Gasteiger partial charge is 0.483 e. The van der Waals surface area contributed by atoms with E-state index in [9.17, 15) is 4.79 Å². The summed E-state index contributed by atoms with van der Waals surface area (Å²) in [5.74, 6) is 1.57. The molecule has 0 aliphatic heterocycles. The van der Waals surface area contributed by atoms with E-state index in [1.165, 1.54) is 19.3 Å². The fourth-order valence-corrected chi connectivity index (χ4v) is 3.34. The van der Waals surface area contributed by atoms with Crippen molar-refractivity contribution in [3.8, 4) is 5.75 Å². The maximum atomic E-state index is 12.2. The summed E-state index contributed by atoms with van der Waals surface area (Å²) >= 11 is 6.20. The third-order valence-corrected chi connectivity index (χ3v) is 5.14. The number of benzene rings is 1. The van der Waals surface area contributed by atoms with Crippen LogP contribution in [0.15, 0.2) is 12.1 Å². The highest BCUT2D eigenvalue weighted by Crippen LogP contribution is 2.32. The van der Waals surface area contributed by atoms with E-state index in [2.05, 4.69) is 26.1 Å². The molecule has 1 aliphatic rings. The Labute approximate surface area is 144 Å². The fourth-order valence-electron chi connectivity index (χ4n) is 3.17. The maximum absolute atomic E-state index is 12.2. The molecule has 1 aromatic rings. The van der Waals surface area contributed by atoms with E-state index >= 15 is 0 Å². The van der Waals surface area contributed by atoms with Gasteiger partial charge in [-0.3, -0.25) is 4.79 Å². The number of rotatable bonds is 5. The molecule has 1 fully saturated rings. The Morgan fingerprint density at radius 2 is 2.04 bits per heavy atom. The summed E-state index contributed by atoms with van der Waals surface area (Å²) in [6.45, 7) is 8.41. The molecule has 2 rings (SSSR count). The van der Waals surface area contributed by atoms with Gasteiger partial charge in [-0.05, 0) is 54.9 Å². The van der Waals surface area contributed by atoms with Crippen molar-refractivity contribution in [2.24, 2.45) is 5.92 Å². The molecule has 1 amide bonds. The molecule has 0 saturated heterocycles. The average molecular weight is 338 g/mol. The third-order valence-electron chi connectivity index (χ3n) is 4.73. The highest BCUT2D eigenvalue weighted by molar-refractivity contribution is 6.31. The van der Waals surface area contributed by atoms with Gasteiger partial charge in [-0.15, -0.1) is 0 Å². The summed E-state index contributed by atoms with van der Waals surface area (Å²) < 4.78 is 5.80. The normalized spacial score (nSPS) is 21.3. The van der Waals surface area contributed by atoms with Gasteiger partial charge < -0.3 is 10.1 Å². The molecule has 23 heavy (non-hydrogen) atoms. The van der Waals surface area contributed by atoms with E-state index < -0.39 is 0 Å². The monoisotopic (exact) mass is 337 g/mol. The third kappa shape index (κ3) is 4.87. The molecule has 1 aromatic carbocycles. The molecular weight excluding hydrogens is 310 g/mol. The zero-order valence-corrected chi connectivity index (χ0v) is 15.4. The van der Waals surface area contributed by atoms with Crippen molar-refractivity contribution >= 4 is 17.5 Å². The van der Waals surface area contributed by atoms with Gasteiger partial charge in [-0.1, -0.05) is 45.2 Å². The summed E-state index contributed by atoms with van der Waals surface area (Å²) in [5, 5.41) is 3.86. The van der Waals surface area contributed by atoms with Gasteiger partial charge in [0.1, 0.15) is 5.75 Å². The van der Waals surface area contributed by atoms with E-state index in [1.807, 2.05) is 19.1 Å². The van der Waals surface area contributed by atoms with Gasteiger partial charge in [0.05, 0.1) is 0 Å². The second-order valence-corrected chi connectivity index (χ2v) is 7.43. The molecule has 2 atom stereocenters. The topological polar surface area (TPSA) is 38.3 Å². The minimum Gasteiger partial charge on any atom is -0.483 e. The molecule has 0 aromatic heterocycles. The molecule has 128 valence electrons. The lowest BCUT2D eigenvalue weighted by molar-refractivity contribution is -0.124. The molecule has 0 unspecified atom stereocenters.